The van der Waals surface area contributed by atoms with Gasteiger partial charge in [-0.05, 0) is 19.3 Å². The summed E-state index contributed by atoms with van der Waals surface area (Å²) >= 11 is 1.81. The van der Waals surface area contributed by atoms with Gasteiger partial charge in [0, 0.05) is 37.3 Å². The van der Waals surface area contributed by atoms with E-state index in [4.69, 9.17) is 0 Å². The molecule has 0 unspecified atom stereocenters. The Morgan fingerprint density at radius 1 is 1.56 bits per heavy atom. The third-order valence-corrected chi connectivity index (χ3v) is 3.97. The van der Waals surface area contributed by atoms with Gasteiger partial charge in [0.2, 0.25) is 0 Å². The van der Waals surface area contributed by atoms with Crippen LogP contribution in [0.3, 0.4) is 0 Å². The Hall–Kier alpha value is -0.610. The number of unbranched alkanes of at least 4 members (excludes halogenated alkanes) is 1. The van der Waals surface area contributed by atoms with E-state index < -0.39 is 0 Å². The first-order chi connectivity index (χ1) is 7.79. The van der Waals surface area contributed by atoms with Crippen LogP contribution in [0.1, 0.15) is 37.5 Å². The van der Waals surface area contributed by atoms with Crippen LogP contribution in [0.15, 0.2) is 6.20 Å². The summed E-state index contributed by atoms with van der Waals surface area (Å²) in [5, 5.41) is 4.67. The Balaban J connectivity index is 1.80. The van der Waals surface area contributed by atoms with Crippen LogP contribution in [0.4, 0.5) is 5.13 Å². The maximum absolute atomic E-state index is 4.47. The fraction of sp³-hybridized carbons (Fsp3) is 0.750. The molecule has 4 heteroatoms. The van der Waals surface area contributed by atoms with E-state index in [2.05, 4.69) is 29.2 Å². The molecule has 2 rings (SSSR count). The summed E-state index contributed by atoms with van der Waals surface area (Å²) in [5.41, 5.74) is 0. The van der Waals surface area contributed by atoms with Crippen molar-refractivity contribution in [1.29, 1.82) is 0 Å². The zero-order valence-electron chi connectivity index (χ0n) is 10.2. The van der Waals surface area contributed by atoms with Crippen LogP contribution in [-0.4, -0.2) is 24.6 Å². The third-order valence-electron chi connectivity index (χ3n) is 2.86. The van der Waals surface area contributed by atoms with E-state index in [1.54, 1.807) is 0 Å². The van der Waals surface area contributed by atoms with E-state index in [0.29, 0.717) is 0 Å². The van der Waals surface area contributed by atoms with Gasteiger partial charge < -0.3 is 10.2 Å². The van der Waals surface area contributed by atoms with E-state index in [1.165, 1.54) is 30.6 Å². The highest BCUT2D eigenvalue weighted by Gasteiger charge is 2.20. The quantitative estimate of drug-likeness (QED) is 0.793. The average molecular weight is 239 g/mol. The highest BCUT2D eigenvalue weighted by Crippen LogP contribution is 2.24. The van der Waals surface area contributed by atoms with Crippen molar-refractivity contribution >= 4 is 16.5 Å². The lowest BCUT2D eigenvalue weighted by atomic mass is 10.3. The number of rotatable bonds is 7. The molecule has 1 aromatic rings. The molecule has 1 aromatic heterocycles. The minimum atomic E-state index is 0.781. The van der Waals surface area contributed by atoms with Crippen molar-refractivity contribution in [2.45, 2.75) is 45.2 Å². The van der Waals surface area contributed by atoms with Crippen LogP contribution >= 0.6 is 11.3 Å². The van der Waals surface area contributed by atoms with Crippen molar-refractivity contribution in [3.63, 3.8) is 0 Å². The topological polar surface area (TPSA) is 28.2 Å². The van der Waals surface area contributed by atoms with E-state index >= 15 is 0 Å². The molecule has 90 valence electrons. The number of nitrogens with one attached hydrogen (secondary N) is 1. The number of hydrogen-bond acceptors (Lipinski definition) is 4. The van der Waals surface area contributed by atoms with Crippen LogP contribution in [0.2, 0.25) is 0 Å². The van der Waals surface area contributed by atoms with Gasteiger partial charge in [-0.15, -0.1) is 11.3 Å². The first kappa shape index (κ1) is 11.9. The molecule has 0 saturated heterocycles. The largest absolute Gasteiger partial charge is 0.351 e. The van der Waals surface area contributed by atoms with Crippen LogP contribution in [0.5, 0.6) is 0 Å². The molecule has 0 aliphatic heterocycles. The molecule has 3 nitrogen and oxygen atoms in total. The second kappa shape index (κ2) is 5.64. The standard InChI is InChI=1S/C12H21N3S/c1-3-4-7-15(2)12-14-9-11(16-12)8-13-10-5-6-10/h9-10,13H,3-8H2,1-2H3. The van der Waals surface area contributed by atoms with Gasteiger partial charge in [0.05, 0.1) is 0 Å². The lowest BCUT2D eigenvalue weighted by Gasteiger charge is -2.14. The van der Waals surface area contributed by atoms with Crippen LogP contribution in [-0.2, 0) is 6.54 Å². The van der Waals surface area contributed by atoms with Gasteiger partial charge in [-0.1, -0.05) is 13.3 Å². The number of thiazole rings is 1. The second-order valence-electron chi connectivity index (χ2n) is 4.54. The van der Waals surface area contributed by atoms with Gasteiger partial charge in [-0.25, -0.2) is 4.98 Å². The molecule has 1 aliphatic carbocycles. The lowest BCUT2D eigenvalue weighted by molar-refractivity contribution is 0.694. The zero-order valence-corrected chi connectivity index (χ0v) is 11.0. The van der Waals surface area contributed by atoms with Crippen LogP contribution in [0, 0.1) is 0 Å². The molecule has 0 aromatic carbocycles. The van der Waals surface area contributed by atoms with Crippen molar-refractivity contribution in [3.05, 3.63) is 11.1 Å². The van der Waals surface area contributed by atoms with Gasteiger partial charge in [-0.3, -0.25) is 0 Å². The monoisotopic (exact) mass is 239 g/mol. The maximum Gasteiger partial charge on any atom is 0.185 e. The number of hydrogen-bond donors (Lipinski definition) is 1. The number of aromatic nitrogens is 1. The smallest absolute Gasteiger partial charge is 0.185 e. The second-order valence-corrected chi connectivity index (χ2v) is 5.63. The zero-order chi connectivity index (χ0) is 11.4. The van der Waals surface area contributed by atoms with E-state index in [1.807, 2.05) is 17.5 Å². The predicted octanol–water partition coefficient (Wildman–Crippen LogP) is 2.63. The first-order valence-electron chi connectivity index (χ1n) is 6.19. The molecule has 16 heavy (non-hydrogen) atoms. The van der Waals surface area contributed by atoms with Gasteiger partial charge in [0.25, 0.3) is 0 Å². The van der Waals surface area contributed by atoms with Crippen molar-refractivity contribution in [3.8, 4) is 0 Å². The number of nitrogens with zero attached hydrogens (tertiary/aromatic N) is 2. The summed E-state index contributed by atoms with van der Waals surface area (Å²) in [7, 11) is 2.13. The SMILES string of the molecule is CCCCN(C)c1ncc(CNC2CC2)s1. The molecule has 1 aliphatic rings. The molecule has 0 amide bonds. The normalized spacial score (nSPS) is 15.4. The molecular weight excluding hydrogens is 218 g/mol. The minimum absolute atomic E-state index is 0.781. The summed E-state index contributed by atoms with van der Waals surface area (Å²) in [6.45, 7) is 4.32. The Labute approximate surface area is 102 Å². The Kier molecular flexibility index (Phi) is 4.18. The van der Waals surface area contributed by atoms with Crippen LogP contribution in [0.25, 0.3) is 0 Å². The predicted molar refractivity (Wildman–Crippen MR) is 70.2 cm³/mol. The molecule has 0 spiro atoms. The third kappa shape index (κ3) is 3.46. The summed E-state index contributed by atoms with van der Waals surface area (Å²) < 4.78 is 0. The Morgan fingerprint density at radius 3 is 3.06 bits per heavy atom. The highest BCUT2D eigenvalue weighted by molar-refractivity contribution is 7.15. The molecule has 0 atom stereocenters. The summed E-state index contributed by atoms with van der Waals surface area (Å²) in [4.78, 5) is 8.08. The molecule has 1 heterocycles. The fourth-order valence-corrected chi connectivity index (χ4v) is 2.43. The molecule has 1 fully saturated rings. The average Bonchev–Trinajstić information content (AvgIpc) is 3.00. The minimum Gasteiger partial charge on any atom is -0.351 e. The van der Waals surface area contributed by atoms with E-state index in [-0.39, 0.29) is 0 Å². The molecule has 1 saturated carbocycles. The summed E-state index contributed by atoms with van der Waals surface area (Å²) in [6, 6.07) is 0.781. The Bertz CT molecular complexity index is 320. The van der Waals surface area contributed by atoms with Crippen molar-refractivity contribution < 1.29 is 0 Å². The molecule has 1 N–H and O–H groups in total. The van der Waals surface area contributed by atoms with E-state index in [9.17, 15) is 0 Å². The van der Waals surface area contributed by atoms with Gasteiger partial charge >= 0.3 is 0 Å². The van der Waals surface area contributed by atoms with Crippen molar-refractivity contribution in [1.82, 2.24) is 10.3 Å². The Morgan fingerprint density at radius 2 is 2.38 bits per heavy atom. The summed E-state index contributed by atoms with van der Waals surface area (Å²) in [5.74, 6) is 0. The van der Waals surface area contributed by atoms with Crippen molar-refractivity contribution in [2.24, 2.45) is 0 Å². The maximum atomic E-state index is 4.47. The first-order valence-corrected chi connectivity index (χ1v) is 7.00. The number of anilines is 1. The van der Waals surface area contributed by atoms with Crippen molar-refractivity contribution in [2.75, 3.05) is 18.5 Å². The van der Waals surface area contributed by atoms with Gasteiger partial charge in [-0.2, -0.15) is 0 Å². The molecule has 0 radical (unpaired) electrons. The lowest BCUT2D eigenvalue weighted by Crippen LogP contribution is -2.17. The highest BCUT2D eigenvalue weighted by atomic mass is 32.1. The van der Waals surface area contributed by atoms with Crippen LogP contribution < -0.4 is 10.2 Å². The van der Waals surface area contributed by atoms with Gasteiger partial charge in [0.15, 0.2) is 5.13 Å². The van der Waals surface area contributed by atoms with E-state index in [0.717, 1.165) is 24.3 Å². The fourth-order valence-electron chi connectivity index (χ4n) is 1.58. The summed E-state index contributed by atoms with van der Waals surface area (Å²) in [6.07, 6.45) is 7.19. The molecular formula is C12H21N3S. The molecule has 0 bridgehead atoms. The van der Waals surface area contributed by atoms with Gasteiger partial charge in [0.1, 0.15) is 0 Å².